The van der Waals surface area contributed by atoms with Crippen LogP contribution in [0.1, 0.15) is 22.3 Å². The molecule has 0 saturated heterocycles. The second kappa shape index (κ2) is 7.56. The number of carbonyl (C=O) groups excluding carboxylic acids is 2. The standard InChI is InChI=1S/C14H18BNO7/c1-21-12(17)6-11(14(19)22-2)16-13(18)8-3-4-9-7-23-15(20)10(9)5-8/h3-5,11-12,17,20H,6-7H2,1-2H3,(H,16,18)/t11-,12?/m0/s1. The van der Waals surface area contributed by atoms with Gasteiger partial charge in [-0.2, -0.15) is 0 Å². The van der Waals surface area contributed by atoms with Crippen LogP contribution in [0.5, 0.6) is 0 Å². The van der Waals surface area contributed by atoms with E-state index < -0.39 is 31.3 Å². The third-order valence-electron chi connectivity index (χ3n) is 3.57. The van der Waals surface area contributed by atoms with E-state index in [0.717, 1.165) is 5.56 Å². The van der Waals surface area contributed by atoms with Gasteiger partial charge in [0.05, 0.1) is 13.7 Å². The summed E-state index contributed by atoms with van der Waals surface area (Å²) in [6.45, 7) is 0.281. The molecule has 0 spiro atoms. The number of methoxy groups -OCH3 is 2. The Morgan fingerprint density at radius 3 is 2.83 bits per heavy atom. The van der Waals surface area contributed by atoms with E-state index in [2.05, 4.69) is 14.8 Å². The smallest absolute Gasteiger partial charge is 0.467 e. The van der Waals surface area contributed by atoms with Crippen LogP contribution in [-0.4, -0.2) is 55.7 Å². The van der Waals surface area contributed by atoms with Crippen LogP contribution in [0.3, 0.4) is 0 Å². The molecule has 23 heavy (non-hydrogen) atoms. The lowest BCUT2D eigenvalue weighted by molar-refractivity contribution is -0.147. The van der Waals surface area contributed by atoms with Gasteiger partial charge in [0.15, 0.2) is 6.29 Å². The first kappa shape index (κ1) is 17.4. The van der Waals surface area contributed by atoms with E-state index in [9.17, 15) is 19.7 Å². The molecule has 3 N–H and O–H groups in total. The van der Waals surface area contributed by atoms with Crippen molar-refractivity contribution >= 4 is 24.5 Å². The van der Waals surface area contributed by atoms with Crippen molar-refractivity contribution in [1.29, 1.82) is 0 Å². The molecule has 0 fully saturated rings. The van der Waals surface area contributed by atoms with Crippen LogP contribution < -0.4 is 10.8 Å². The third kappa shape index (κ3) is 4.08. The Labute approximate surface area is 133 Å². The van der Waals surface area contributed by atoms with Gasteiger partial charge in [0, 0.05) is 19.1 Å². The highest BCUT2D eigenvalue weighted by Crippen LogP contribution is 2.12. The normalized spacial score (nSPS) is 15.7. The number of benzene rings is 1. The number of hydrogen-bond donors (Lipinski definition) is 3. The number of aliphatic hydroxyl groups is 1. The van der Waals surface area contributed by atoms with Crippen LogP contribution in [0.4, 0.5) is 0 Å². The number of ether oxygens (including phenoxy) is 2. The molecule has 1 aliphatic heterocycles. The van der Waals surface area contributed by atoms with E-state index >= 15 is 0 Å². The van der Waals surface area contributed by atoms with Gasteiger partial charge in [0.1, 0.15) is 6.04 Å². The molecule has 0 aromatic heterocycles. The number of aliphatic hydroxyl groups excluding tert-OH is 1. The van der Waals surface area contributed by atoms with Crippen LogP contribution in [0, 0.1) is 0 Å². The Hall–Kier alpha value is -1.94. The highest BCUT2D eigenvalue weighted by atomic mass is 16.6. The van der Waals surface area contributed by atoms with E-state index in [1.54, 1.807) is 12.1 Å². The summed E-state index contributed by atoms with van der Waals surface area (Å²) >= 11 is 0. The van der Waals surface area contributed by atoms with E-state index in [4.69, 9.17) is 4.65 Å². The second-order valence-electron chi connectivity index (χ2n) is 5.05. The lowest BCUT2D eigenvalue weighted by atomic mass is 9.79. The fourth-order valence-electron chi connectivity index (χ4n) is 2.25. The number of esters is 1. The van der Waals surface area contributed by atoms with Crippen molar-refractivity contribution in [3.05, 3.63) is 29.3 Å². The molecule has 2 atom stereocenters. The molecule has 2 rings (SSSR count). The maximum absolute atomic E-state index is 12.3. The molecule has 9 heteroatoms. The van der Waals surface area contributed by atoms with Crippen LogP contribution in [-0.2, 0) is 25.5 Å². The molecule has 8 nitrogen and oxygen atoms in total. The molecular weight excluding hydrogens is 305 g/mol. The summed E-state index contributed by atoms with van der Waals surface area (Å²) in [4.78, 5) is 24.0. The van der Waals surface area contributed by atoms with Crippen LogP contribution in [0.2, 0.25) is 0 Å². The molecule has 1 heterocycles. The zero-order chi connectivity index (χ0) is 17.0. The minimum atomic E-state index is -1.21. The van der Waals surface area contributed by atoms with Crippen molar-refractivity contribution in [2.75, 3.05) is 14.2 Å². The summed E-state index contributed by atoms with van der Waals surface area (Å²) in [5, 5.41) is 21.6. The average Bonchev–Trinajstić information content (AvgIpc) is 2.93. The van der Waals surface area contributed by atoms with Crippen molar-refractivity contribution in [3.8, 4) is 0 Å². The largest absolute Gasteiger partial charge is 0.491 e. The molecule has 0 aliphatic carbocycles. The number of carbonyl (C=O) groups is 2. The van der Waals surface area contributed by atoms with Gasteiger partial charge in [-0.15, -0.1) is 0 Å². The molecule has 0 radical (unpaired) electrons. The molecule has 0 bridgehead atoms. The van der Waals surface area contributed by atoms with Crippen molar-refractivity contribution in [1.82, 2.24) is 5.32 Å². The van der Waals surface area contributed by atoms with Gasteiger partial charge in [-0.25, -0.2) is 4.79 Å². The number of hydrogen-bond acceptors (Lipinski definition) is 7. The Bertz CT molecular complexity index is 594. The quantitative estimate of drug-likeness (QED) is 0.333. The van der Waals surface area contributed by atoms with Crippen LogP contribution >= 0.6 is 0 Å². The fraction of sp³-hybridized carbons (Fsp3) is 0.429. The molecule has 0 saturated carbocycles. The minimum absolute atomic E-state index is 0.147. The third-order valence-corrected chi connectivity index (χ3v) is 3.57. The number of rotatable bonds is 6. The first-order chi connectivity index (χ1) is 11.0. The average molecular weight is 323 g/mol. The van der Waals surface area contributed by atoms with Crippen LogP contribution in [0.25, 0.3) is 0 Å². The van der Waals surface area contributed by atoms with Crippen molar-refractivity contribution in [2.24, 2.45) is 0 Å². The summed E-state index contributed by atoms with van der Waals surface area (Å²) in [5.74, 6) is -1.23. The first-order valence-corrected chi connectivity index (χ1v) is 6.98. The van der Waals surface area contributed by atoms with E-state index in [1.165, 1.54) is 20.3 Å². The summed E-state index contributed by atoms with van der Waals surface area (Å²) in [6, 6.07) is 3.69. The van der Waals surface area contributed by atoms with Gasteiger partial charge >= 0.3 is 13.1 Å². The Balaban J connectivity index is 2.12. The monoisotopic (exact) mass is 323 g/mol. The van der Waals surface area contributed by atoms with E-state index in [-0.39, 0.29) is 18.6 Å². The fourth-order valence-corrected chi connectivity index (χ4v) is 2.25. The highest BCUT2D eigenvalue weighted by molar-refractivity contribution is 6.61. The summed E-state index contributed by atoms with van der Waals surface area (Å²) in [7, 11) is 1.40. The van der Waals surface area contributed by atoms with Gasteiger partial charge in [-0.1, -0.05) is 6.07 Å². The van der Waals surface area contributed by atoms with Crippen molar-refractivity contribution in [2.45, 2.75) is 25.4 Å². The molecular formula is C14H18BNO7. The zero-order valence-electron chi connectivity index (χ0n) is 12.8. The van der Waals surface area contributed by atoms with Crippen molar-refractivity contribution in [3.63, 3.8) is 0 Å². The zero-order valence-corrected chi connectivity index (χ0v) is 12.8. The summed E-state index contributed by atoms with van der Waals surface area (Å²) < 4.78 is 14.4. The van der Waals surface area contributed by atoms with Crippen LogP contribution in [0.15, 0.2) is 18.2 Å². The van der Waals surface area contributed by atoms with E-state index in [1.807, 2.05) is 0 Å². The predicted molar refractivity (Wildman–Crippen MR) is 79.7 cm³/mol. The lowest BCUT2D eigenvalue weighted by Crippen LogP contribution is -2.44. The molecule has 1 aliphatic rings. The Kier molecular flexibility index (Phi) is 5.72. The summed E-state index contributed by atoms with van der Waals surface area (Å²) in [6.07, 6.45) is -1.36. The highest BCUT2D eigenvalue weighted by Gasteiger charge is 2.29. The lowest BCUT2D eigenvalue weighted by Gasteiger charge is -2.19. The number of fused-ring (bicyclic) bond motifs is 1. The molecule has 1 aromatic carbocycles. The first-order valence-electron chi connectivity index (χ1n) is 6.98. The maximum atomic E-state index is 12.3. The van der Waals surface area contributed by atoms with Gasteiger partial charge in [-0.3, -0.25) is 4.79 Å². The minimum Gasteiger partial charge on any atom is -0.467 e. The Morgan fingerprint density at radius 1 is 1.43 bits per heavy atom. The molecule has 1 aromatic rings. The van der Waals surface area contributed by atoms with Gasteiger partial charge in [0.2, 0.25) is 0 Å². The van der Waals surface area contributed by atoms with E-state index in [0.29, 0.717) is 5.46 Å². The topological polar surface area (TPSA) is 114 Å². The van der Waals surface area contributed by atoms with Gasteiger partial charge in [0.25, 0.3) is 5.91 Å². The number of nitrogens with one attached hydrogen (secondary N) is 1. The molecule has 1 unspecified atom stereocenters. The van der Waals surface area contributed by atoms with Crippen molar-refractivity contribution < 1.29 is 33.8 Å². The molecule has 1 amide bonds. The number of amides is 1. The molecule has 124 valence electrons. The Morgan fingerprint density at radius 2 is 2.17 bits per heavy atom. The summed E-state index contributed by atoms with van der Waals surface area (Å²) in [5.41, 5.74) is 1.58. The predicted octanol–water partition coefficient (Wildman–Crippen LogP) is -1.47. The maximum Gasteiger partial charge on any atom is 0.491 e. The van der Waals surface area contributed by atoms with Gasteiger partial charge in [-0.05, 0) is 23.2 Å². The van der Waals surface area contributed by atoms with Gasteiger partial charge < -0.3 is 29.6 Å². The second-order valence-corrected chi connectivity index (χ2v) is 5.05. The SMILES string of the molecule is COC(=O)[C@H](CC(O)OC)NC(=O)c1ccc2c(c1)B(O)OC2.